The minimum absolute atomic E-state index is 0.221. The number of nitrogens with one attached hydrogen (secondary N) is 1. The van der Waals surface area contributed by atoms with Gasteiger partial charge in [-0.05, 0) is 26.3 Å². The van der Waals surface area contributed by atoms with Crippen LogP contribution in [0.25, 0.3) is 0 Å². The van der Waals surface area contributed by atoms with Crippen LogP contribution < -0.4 is 5.32 Å². The molecule has 0 aromatic carbocycles. The van der Waals surface area contributed by atoms with Gasteiger partial charge in [0, 0.05) is 18.0 Å². The largest absolute Gasteiger partial charge is 0.501 e. The smallest absolute Gasteiger partial charge is 0.163 e. The van der Waals surface area contributed by atoms with E-state index in [4.69, 9.17) is 4.74 Å². The lowest BCUT2D eigenvalue weighted by Crippen LogP contribution is -2.28. The van der Waals surface area contributed by atoms with E-state index in [1.165, 1.54) is 0 Å². The second kappa shape index (κ2) is 5.81. The van der Waals surface area contributed by atoms with Crippen molar-refractivity contribution in [1.82, 2.24) is 5.32 Å². The van der Waals surface area contributed by atoms with Gasteiger partial charge >= 0.3 is 0 Å². The lowest BCUT2D eigenvalue weighted by atomic mass is 10.0. The lowest BCUT2D eigenvalue weighted by Gasteiger charge is -2.15. The maximum Gasteiger partial charge on any atom is 0.163 e. The van der Waals surface area contributed by atoms with Gasteiger partial charge in [-0.15, -0.1) is 0 Å². The Morgan fingerprint density at radius 2 is 2.50 bits per heavy atom. The molecule has 80 valence electrons. The number of hydrogen-bond acceptors (Lipinski definition) is 3. The van der Waals surface area contributed by atoms with Crippen molar-refractivity contribution in [3.05, 3.63) is 11.8 Å². The molecule has 1 aliphatic rings. The van der Waals surface area contributed by atoms with Crippen molar-refractivity contribution in [3.63, 3.8) is 0 Å². The summed E-state index contributed by atoms with van der Waals surface area (Å²) >= 11 is 0. The Morgan fingerprint density at radius 1 is 1.71 bits per heavy atom. The number of carbonyl (C=O) groups is 1. The number of allylic oxidation sites excluding steroid dienone is 1. The van der Waals surface area contributed by atoms with E-state index < -0.39 is 0 Å². The van der Waals surface area contributed by atoms with Crippen LogP contribution >= 0.6 is 0 Å². The molecule has 1 N–H and O–H groups in total. The molecule has 0 bridgehead atoms. The van der Waals surface area contributed by atoms with Crippen LogP contribution in [0, 0.1) is 0 Å². The molecule has 1 heterocycles. The number of carbonyl (C=O) groups excluding carboxylic acids is 1. The molecule has 3 heteroatoms. The molecule has 1 aliphatic heterocycles. The fourth-order valence-corrected chi connectivity index (χ4v) is 1.60. The van der Waals surface area contributed by atoms with Crippen LogP contribution in [0.15, 0.2) is 11.8 Å². The summed E-state index contributed by atoms with van der Waals surface area (Å²) in [4.78, 5) is 11.7. The number of ketones is 1. The van der Waals surface area contributed by atoms with E-state index in [0.717, 1.165) is 31.6 Å². The Bertz CT molecular complexity index is 223. The van der Waals surface area contributed by atoms with Crippen LogP contribution in [0.2, 0.25) is 0 Å². The molecule has 14 heavy (non-hydrogen) atoms. The van der Waals surface area contributed by atoms with Crippen LogP contribution in [0.3, 0.4) is 0 Å². The summed E-state index contributed by atoms with van der Waals surface area (Å²) in [7, 11) is 0. The Morgan fingerprint density at radius 3 is 3.07 bits per heavy atom. The van der Waals surface area contributed by atoms with Crippen molar-refractivity contribution in [2.75, 3.05) is 13.2 Å². The number of hydrogen-bond donors (Lipinski definition) is 1. The highest BCUT2D eigenvalue weighted by atomic mass is 16.5. The highest BCUT2D eigenvalue weighted by molar-refractivity contribution is 5.95. The van der Waals surface area contributed by atoms with Gasteiger partial charge in [-0.1, -0.05) is 6.92 Å². The van der Waals surface area contributed by atoms with Crippen molar-refractivity contribution in [3.8, 4) is 0 Å². The van der Waals surface area contributed by atoms with Crippen molar-refractivity contribution in [2.24, 2.45) is 0 Å². The first-order valence-electron chi connectivity index (χ1n) is 5.31. The van der Waals surface area contributed by atoms with Crippen LogP contribution in [-0.4, -0.2) is 25.0 Å². The van der Waals surface area contributed by atoms with Gasteiger partial charge in [0.2, 0.25) is 0 Å². The van der Waals surface area contributed by atoms with Crippen molar-refractivity contribution in [2.45, 2.75) is 39.2 Å². The van der Waals surface area contributed by atoms with Gasteiger partial charge in [0.05, 0.1) is 12.9 Å². The summed E-state index contributed by atoms with van der Waals surface area (Å²) in [6, 6.07) is 0.260. The average molecular weight is 197 g/mol. The Hall–Kier alpha value is -0.830. The molecule has 3 nitrogen and oxygen atoms in total. The van der Waals surface area contributed by atoms with Gasteiger partial charge in [-0.2, -0.15) is 0 Å². The maximum atomic E-state index is 11.7. The van der Waals surface area contributed by atoms with E-state index in [1.807, 2.05) is 13.8 Å². The Balaban J connectivity index is 2.37. The zero-order valence-electron chi connectivity index (χ0n) is 9.01. The number of Topliss-reactive ketones (excluding diaryl/α,β-unsaturated/α-hetero) is 1. The fourth-order valence-electron chi connectivity index (χ4n) is 1.60. The van der Waals surface area contributed by atoms with Gasteiger partial charge in [0.1, 0.15) is 0 Å². The Labute approximate surface area is 85.5 Å². The van der Waals surface area contributed by atoms with Crippen molar-refractivity contribution in [1.29, 1.82) is 0 Å². The molecular formula is C11H19NO2. The molecule has 1 rings (SSSR count). The van der Waals surface area contributed by atoms with E-state index in [2.05, 4.69) is 5.32 Å². The first-order chi connectivity index (χ1) is 6.74. The quantitative estimate of drug-likeness (QED) is 0.728. The Kier molecular flexibility index (Phi) is 4.66. The van der Waals surface area contributed by atoms with Gasteiger partial charge in [0.15, 0.2) is 5.78 Å². The van der Waals surface area contributed by atoms with E-state index in [-0.39, 0.29) is 11.8 Å². The first-order valence-corrected chi connectivity index (χ1v) is 5.31. The summed E-state index contributed by atoms with van der Waals surface area (Å²) in [6.45, 7) is 5.74. The standard InChI is InChI=1S/C11H19NO2/c1-3-12-9(2)7-11(13)10-5-4-6-14-8-10/h8-9,12H,3-7H2,1-2H3. The monoisotopic (exact) mass is 197 g/mol. The lowest BCUT2D eigenvalue weighted by molar-refractivity contribution is -0.116. The normalized spacial score (nSPS) is 18.3. The number of rotatable bonds is 5. The minimum atomic E-state index is 0.221. The van der Waals surface area contributed by atoms with Gasteiger partial charge in [-0.3, -0.25) is 4.79 Å². The van der Waals surface area contributed by atoms with E-state index >= 15 is 0 Å². The molecule has 0 fully saturated rings. The summed E-state index contributed by atoms with van der Waals surface area (Å²) in [5.74, 6) is 0.221. The van der Waals surface area contributed by atoms with Crippen LogP contribution in [0.5, 0.6) is 0 Å². The SMILES string of the molecule is CCNC(C)CC(=O)C1=COCCC1. The zero-order valence-corrected chi connectivity index (χ0v) is 9.01. The summed E-state index contributed by atoms with van der Waals surface area (Å²) in [5.41, 5.74) is 0.848. The molecule has 0 saturated heterocycles. The first kappa shape index (κ1) is 11.2. The van der Waals surface area contributed by atoms with E-state index in [9.17, 15) is 4.79 Å². The van der Waals surface area contributed by atoms with Crippen LogP contribution in [0.4, 0.5) is 0 Å². The molecular weight excluding hydrogens is 178 g/mol. The molecule has 0 aliphatic carbocycles. The van der Waals surface area contributed by atoms with E-state index in [0.29, 0.717) is 6.42 Å². The van der Waals surface area contributed by atoms with Crippen LogP contribution in [0.1, 0.15) is 33.1 Å². The molecule has 1 unspecified atom stereocenters. The second-order valence-electron chi connectivity index (χ2n) is 3.70. The van der Waals surface area contributed by atoms with Gasteiger partial charge < -0.3 is 10.1 Å². The predicted molar refractivity (Wildman–Crippen MR) is 56.0 cm³/mol. The number of ether oxygens (including phenoxy) is 1. The maximum absolute atomic E-state index is 11.7. The second-order valence-corrected chi connectivity index (χ2v) is 3.70. The van der Waals surface area contributed by atoms with Crippen molar-refractivity contribution < 1.29 is 9.53 Å². The third kappa shape index (κ3) is 3.50. The summed E-state index contributed by atoms with van der Waals surface area (Å²) in [6.07, 6.45) is 4.04. The molecule has 1 atom stereocenters. The molecule has 0 radical (unpaired) electrons. The average Bonchev–Trinajstić information content (AvgIpc) is 2.19. The van der Waals surface area contributed by atoms with Gasteiger partial charge in [0.25, 0.3) is 0 Å². The molecule has 0 amide bonds. The predicted octanol–water partition coefficient (Wildman–Crippen LogP) is 1.64. The molecule has 0 aromatic rings. The molecule has 0 saturated carbocycles. The molecule has 0 spiro atoms. The fraction of sp³-hybridized carbons (Fsp3) is 0.727. The van der Waals surface area contributed by atoms with E-state index in [1.54, 1.807) is 6.26 Å². The summed E-state index contributed by atoms with van der Waals surface area (Å²) < 4.78 is 5.14. The van der Waals surface area contributed by atoms with Crippen molar-refractivity contribution >= 4 is 5.78 Å². The minimum Gasteiger partial charge on any atom is -0.501 e. The molecule has 0 aromatic heterocycles. The highest BCUT2D eigenvalue weighted by Crippen LogP contribution is 2.14. The van der Waals surface area contributed by atoms with Crippen LogP contribution in [-0.2, 0) is 9.53 Å². The third-order valence-corrected chi connectivity index (χ3v) is 2.34. The topological polar surface area (TPSA) is 38.3 Å². The highest BCUT2D eigenvalue weighted by Gasteiger charge is 2.15. The van der Waals surface area contributed by atoms with Gasteiger partial charge in [-0.25, -0.2) is 0 Å². The third-order valence-electron chi connectivity index (χ3n) is 2.34. The summed E-state index contributed by atoms with van der Waals surface area (Å²) in [5, 5.41) is 3.23. The zero-order chi connectivity index (χ0) is 10.4.